The van der Waals surface area contributed by atoms with Crippen LogP contribution >= 0.6 is 0 Å². The molecular weight excluding hydrogens is 268 g/mol. The standard InChI is InChI=1S/C15H20N4O2/c1-21-11-2-3-13-12(8-11)14(20)19-15(18-13)17-9-10-4-6-16-7-5-10/h2-3,8,10,16H,4-7,9H2,1H3,(H2,17,18,19,20). The number of methoxy groups -OCH3 is 1. The molecule has 3 N–H and O–H groups in total. The lowest BCUT2D eigenvalue weighted by atomic mass is 9.98. The highest BCUT2D eigenvalue weighted by Gasteiger charge is 2.13. The number of ether oxygens (including phenoxy) is 1. The van der Waals surface area contributed by atoms with Gasteiger partial charge in [0, 0.05) is 6.54 Å². The van der Waals surface area contributed by atoms with Crippen LogP contribution in [0.3, 0.4) is 0 Å². The molecule has 6 nitrogen and oxygen atoms in total. The molecule has 6 heteroatoms. The van der Waals surface area contributed by atoms with Crippen molar-refractivity contribution in [2.24, 2.45) is 5.92 Å². The Labute approximate surface area is 122 Å². The average molecular weight is 288 g/mol. The molecule has 112 valence electrons. The number of nitrogens with zero attached hydrogens (tertiary/aromatic N) is 1. The number of anilines is 1. The summed E-state index contributed by atoms with van der Waals surface area (Å²) in [7, 11) is 1.58. The number of rotatable bonds is 4. The normalized spacial score (nSPS) is 16.0. The molecule has 1 aliphatic heterocycles. The van der Waals surface area contributed by atoms with E-state index in [1.165, 1.54) is 0 Å². The SMILES string of the molecule is COc1ccc2nc(NCC3CCNCC3)[nH]c(=O)c2c1. The lowest BCUT2D eigenvalue weighted by molar-refractivity contribution is 0.389. The van der Waals surface area contributed by atoms with E-state index in [1.807, 2.05) is 6.07 Å². The third-order valence-electron chi connectivity index (χ3n) is 3.93. The maximum atomic E-state index is 12.1. The van der Waals surface area contributed by atoms with E-state index in [-0.39, 0.29) is 5.56 Å². The molecule has 1 aromatic carbocycles. The van der Waals surface area contributed by atoms with Gasteiger partial charge < -0.3 is 15.4 Å². The Morgan fingerprint density at radius 2 is 2.19 bits per heavy atom. The van der Waals surface area contributed by atoms with Crippen molar-refractivity contribution in [2.45, 2.75) is 12.8 Å². The molecule has 21 heavy (non-hydrogen) atoms. The molecule has 1 aliphatic rings. The van der Waals surface area contributed by atoms with Gasteiger partial charge in [-0.3, -0.25) is 9.78 Å². The van der Waals surface area contributed by atoms with E-state index < -0.39 is 0 Å². The largest absolute Gasteiger partial charge is 0.497 e. The van der Waals surface area contributed by atoms with Crippen molar-refractivity contribution in [1.82, 2.24) is 15.3 Å². The van der Waals surface area contributed by atoms with Gasteiger partial charge in [-0.15, -0.1) is 0 Å². The van der Waals surface area contributed by atoms with Gasteiger partial charge in [0.1, 0.15) is 5.75 Å². The van der Waals surface area contributed by atoms with E-state index in [4.69, 9.17) is 4.74 Å². The minimum atomic E-state index is -0.147. The predicted octanol–water partition coefficient (Wildman–Crippen LogP) is 1.34. The molecule has 0 bridgehead atoms. The average Bonchev–Trinajstić information content (AvgIpc) is 2.54. The third kappa shape index (κ3) is 3.16. The number of hydrogen-bond acceptors (Lipinski definition) is 5. The van der Waals surface area contributed by atoms with E-state index in [1.54, 1.807) is 19.2 Å². The van der Waals surface area contributed by atoms with Crippen molar-refractivity contribution in [2.75, 3.05) is 32.1 Å². The van der Waals surface area contributed by atoms with Gasteiger partial charge in [0.15, 0.2) is 0 Å². The number of fused-ring (bicyclic) bond motifs is 1. The topological polar surface area (TPSA) is 79.0 Å². The summed E-state index contributed by atoms with van der Waals surface area (Å²) in [6.07, 6.45) is 2.31. The fourth-order valence-electron chi connectivity index (χ4n) is 2.66. The van der Waals surface area contributed by atoms with Gasteiger partial charge in [-0.1, -0.05) is 0 Å². The Morgan fingerprint density at radius 1 is 1.38 bits per heavy atom. The molecule has 0 saturated carbocycles. The van der Waals surface area contributed by atoms with E-state index in [0.29, 0.717) is 28.5 Å². The van der Waals surface area contributed by atoms with E-state index >= 15 is 0 Å². The Bertz CT molecular complexity index is 677. The van der Waals surface area contributed by atoms with Crippen LogP contribution < -0.4 is 20.9 Å². The van der Waals surface area contributed by atoms with Gasteiger partial charge in [0.2, 0.25) is 5.95 Å². The second-order valence-corrected chi connectivity index (χ2v) is 5.37. The summed E-state index contributed by atoms with van der Waals surface area (Å²) in [5.74, 6) is 1.82. The van der Waals surface area contributed by atoms with Gasteiger partial charge in [-0.25, -0.2) is 4.98 Å². The lowest BCUT2D eigenvalue weighted by Crippen LogP contribution is -2.31. The number of piperidine rings is 1. The predicted molar refractivity (Wildman–Crippen MR) is 83.0 cm³/mol. The summed E-state index contributed by atoms with van der Waals surface area (Å²) in [4.78, 5) is 19.4. The molecule has 1 saturated heterocycles. The fourth-order valence-corrected chi connectivity index (χ4v) is 2.66. The van der Waals surface area contributed by atoms with Crippen molar-refractivity contribution in [3.63, 3.8) is 0 Å². The molecule has 0 amide bonds. The Morgan fingerprint density at radius 3 is 2.95 bits per heavy atom. The van der Waals surface area contributed by atoms with Gasteiger partial charge in [-0.2, -0.15) is 0 Å². The van der Waals surface area contributed by atoms with E-state index in [2.05, 4.69) is 20.6 Å². The first-order chi connectivity index (χ1) is 10.3. The maximum absolute atomic E-state index is 12.1. The summed E-state index contributed by atoms with van der Waals surface area (Å²) in [6, 6.07) is 5.32. The Hall–Kier alpha value is -2.08. The number of H-pyrrole nitrogens is 1. The highest BCUT2D eigenvalue weighted by molar-refractivity contribution is 5.80. The van der Waals surface area contributed by atoms with Gasteiger partial charge in [0.25, 0.3) is 5.56 Å². The zero-order chi connectivity index (χ0) is 14.7. The monoisotopic (exact) mass is 288 g/mol. The number of hydrogen-bond donors (Lipinski definition) is 3. The fraction of sp³-hybridized carbons (Fsp3) is 0.467. The van der Waals surface area contributed by atoms with Crippen LogP contribution in [-0.2, 0) is 0 Å². The smallest absolute Gasteiger partial charge is 0.260 e. The number of benzene rings is 1. The van der Waals surface area contributed by atoms with E-state index in [9.17, 15) is 4.79 Å². The van der Waals surface area contributed by atoms with Crippen LogP contribution in [0.1, 0.15) is 12.8 Å². The summed E-state index contributed by atoms with van der Waals surface area (Å²) in [6.45, 7) is 2.97. The number of nitrogens with one attached hydrogen (secondary N) is 3. The highest BCUT2D eigenvalue weighted by atomic mass is 16.5. The number of aromatic nitrogens is 2. The molecule has 1 fully saturated rings. The zero-order valence-corrected chi connectivity index (χ0v) is 12.1. The first-order valence-corrected chi connectivity index (χ1v) is 7.29. The molecule has 2 heterocycles. The van der Waals surface area contributed by atoms with Crippen LogP contribution in [0.2, 0.25) is 0 Å². The maximum Gasteiger partial charge on any atom is 0.260 e. The summed E-state index contributed by atoms with van der Waals surface area (Å²) in [5, 5.41) is 7.14. The van der Waals surface area contributed by atoms with Crippen molar-refractivity contribution < 1.29 is 4.74 Å². The molecule has 1 aromatic heterocycles. The minimum absolute atomic E-state index is 0.147. The lowest BCUT2D eigenvalue weighted by Gasteiger charge is -2.22. The molecule has 2 aromatic rings. The summed E-state index contributed by atoms with van der Waals surface area (Å²) >= 11 is 0. The zero-order valence-electron chi connectivity index (χ0n) is 12.1. The molecule has 0 aliphatic carbocycles. The Balaban J connectivity index is 1.78. The molecule has 3 rings (SSSR count). The van der Waals surface area contributed by atoms with Crippen LogP contribution in [0.5, 0.6) is 5.75 Å². The molecule has 0 atom stereocenters. The van der Waals surface area contributed by atoms with Crippen molar-refractivity contribution in [3.05, 3.63) is 28.6 Å². The number of aromatic amines is 1. The first kappa shape index (κ1) is 13.9. The van der Waals surface area contributed by atoms with Crippen LogP contribution in [0.25, 0.3) is 10.9 Å². The van der Waals surface area contributed by atoms with Crippen LogP contribution in [-0.4, -0.2) is 36.7 Å². The van der Waals surface area contributed by atoms with Crippen LogP contribution in [0.15, 0.2) is 23.0 Å². The van der Waals surface area contributed by atoms with Crippen molar-refractivity contribution >= 4 is 16.9 Å². The van der Waals surface area contributed by atoms with Gasteiger partial charge >= 0.3 is 0 Å². The van der Waals surface area contributed by atoms with Crippen molar-refractivity contribution in [3.8, 4) is 5.75 Å². The van der Waals surface area contributed by atoms with E-state index in [0.717, 1.165) is 32.5 Å². The van der Waals surface area contributed by atoms with Crippen LogP contribution in [0, 0.1) is 5.92 Å². The Kier molecular flexibility index (Phi) is 4.06. The summed E-state index contributed by atoms with van der Waals surface area (Å²) < 4.78 is 5.13. The van der Waals surface area contributed by atoms with Gasteiger partial charge in [0.05, 0.1) is 18.0 Å². The second-order valence-electron chi connectivity index (χ2n) is 5.37. The molecule has 0 unspecified atom stereocenters. The van der Waals surface area contributed by atoms with Crippen LogP contribution in [0.4, 0.5) is 5.95 Å². The molecule has 0 spiro atoms. The minimum Gasteiger partial charge on any atom is -0.497 e. The molecule has 0 radical (unpaired) electrons. The van der Waals surface area contributed by atoms with Gasteiger partial charge in [-0.05, 0) is 50.0 Å². The summed E-state index contributed by atoms with van der Waals surface area (Å²) in [5.41, 5.74) is 0.527. The molecular formula is C15H20N4O2. The quantitative estimate of drug-likeness (QED) is 0.791. The first-order valence-electron chi connectivity index (χ1n) is 7.29. The third-order valence-corrected chi connectivity index (χ3v) is 3.93. The van der Waals surface area contributed by atoms with Crippen molar-refractivity contribution in [1.29, 1.82) is 0 Å². The highest BCUT2D eigenvalue weighted by Crippen LogP contribution is 2.17. The second kappa shape index (κ2) is 6.13.